The highest BCUT2D eigenvalue weighted by Crippen LogP contribution is 2.45. The molecule has 0 amide bonds. The summed E-state index contributed by atoms with van der Waals surface area (Å²) in [6.07, 6.45) is 11.0. The van der Waals surface area contributed by atoms with Crippen LogP contribution < -0.4 is 5.73 Å². The topological polar surface area (TPSA) is 63.4 Å². The van der Waals surface area contributed by atoms with Crippen LogP contribution >= 0.6 is 0 Å². The van der Waals surface area contributed by atoms with E-state index in [1.54, 1.807) is 4.31 Å². The van der Waals surface area contributed by atoms with Gasteiger partial charge in [0.1, 0.15) is 0 Å². The predicted molar refractivity (Wildman–Crippen MR) is 87.5 cm³/mol. The molecule has 1 aliphatic heterocycles. The third kappa shape index (κ3) is 4.42. The van der Waals surface area contributed by atoms with Gasteiger partial charge in [0, 0.05) is 13.1 Å². The second-order valence-corrected chi connectivity index (χ2v) is 9.39. The highest BCUT2D eigenvalue weighted by molar-refractivity contribution is 7.88. The van der Waals surface area contributed by atoms with Crippen molar-refractivity contribution in [3.8, 4) is 0 Å². The number of rotatable bonds is 5. The maximum absolute atomic E-state index is 11.8. The van der Waals surface area contributed by atoms with E-state index >= 15 is 0 Å². The van der Waals surface area contributed by atoms with Gasteiger partial charge in [-0.05, 0) is 55.9 Å². The summed E-state index contributed by atoms with van der Waals surface area (Å²) in [5.74, 6) is 1.31. The molecule has 21 heavy (non-hydrogen) atoms. The second kappa shape index (κ2) is 6.97. The fraction of sp³-hybridized carbons (Fsp3) is 1.00. The predicted octanol–water partition coefficient (Wildman–Crippen LogP) is 2.59. The molecule has 1 heterocycles. The van der Waals surface area contributed by atoms with Crippen LogP contribution in [0.4, 0.5) is 0 Å². The Morgan fingerprint density at radius 3 is 2.57 bits per heavy atom. The number of nitrogens with zero attached hydrogens (tertiary/aromatic N) is 1. The molecule has 0 radical (unpaired) electrons. The van der Waals surface area contributed by atoms with Gasteiger partial charge in [0.25, 0.3) is 0 Å². The van der Waals surface area contributed by atoms with Gasteiger partial charge in [-0.25, -0.2) is 12.7 Å². The van der Waals surface area contributed by atoms with E-state index < -0.39 is 10.0 Å². The van der Waals surface area contributed by atoms with Crippen LogP contribution in [0.25, 0.3) is 0 Å². The fourth-order valence-corrected chi connectivity index (χ4v) is 5.43. The van der Waals surface area contributed by atoms with Gasteiger partial charge in [-0.2, -0.15) is 0 Å². The lowest BCUT2D eigenvalue weighted by Crippen LogP contribution is -2.43. The third-order valence-corrected chi connectivity index (χ3v) is 6.99. The minimum absolute atomic E-state index is 0.268. The molecule has 0 spiro atoms. The van der Waals surface area contributed by atoms with E-state index in [4.69, 9.17) is 5.73 Å². The zero-order valence-corrected chi connectivity index (χ0v) is 14.5. The third-order valence-electron chi connectivity index (χ3n) is 5.72. The Kier molecular flexibility index (Phi) is 5.71. The van der Waals surface area contributed by atoms with Crippen LogP contribution in [0, 0.1) is 17.3 Å². The van der Waals surface area contributed by atoms with Gasteiger partial charge < -0.3 is 5.73 Å². The van der Waals surface area contributed by atoms with E-state index in [1.165, 1.54) is 38.4 Å². The molecule has 1 saturated heterocycles. The minimum atomic E-state index is -3.04. The summed E-state index contributed by atoms with van der Waals surface area (Å²) in [5, 5.41) is 0. The Labute approximate surface area is 130 Å². The molecule has 4 nitrogen and oxygen atoms in total. The molecule has 3 atom stereocenters. The molecule has 2 aliphatic rings. The van der Waals surface area contributed by atoms with Crippen molar-refractivity contribution >= 4 is 10.0 Å². The van der Waals surface area contributed by atoms with Crippen LogP contribution in [-0.2, 0) is 10.0 Å². The number of hydrogen-bond donors (Lipinski definition) is 1. The van der Waals surface area contributed by atoms with Crippen LogP contribution in [0.3, 0.4) is 0 Å². The van der Waals surface area contributed by atoms with Crippen molar-refractivity contribution in [2.45, 2.75) is 58.3 Å². The minimum Gasteiger partial charge on any atom is -0.330 e. The van der Waals surface area contributed by atoms with Crippen molar-refractivity contribution in [1.29, 1.82) is 0 Å². The fourth-order valence-electron chi connectivity index (χ4n) is 4.49. The SMILES string of the molecule is CCC1CCCC(CN)(CC2CCCN(S(C)(=O)=O)C2)C1. The van der Waals surface area contributed by atoms with Gasteiger partial charge in [0.15, 0.2) is 0 Å². The molecule has 2 fully saturated rings. The summed E-state index contributed by atoms with van der Waals surface area (Å²) in [7, 11) is -3.04. The molecule has 2 rings (SSSR count). The molecule has 0 bridgehead atoms. The van der Waals surface area contributed by atoms with Crippen molar-refractivity contribution in [2.24, 2.45) is 23.0 Å². The van der Waals surface area contributed by atoms with Crippen molar-refractivity contribution in [1.82, 2.24) is 4.31 Å². The molecular weight excluding hydrogens is 284 g/mol. The first-order valence-corrected chi connectivity index (χ1v) is 10.4. The van der Waals surface area contributed by atoms with Crippen LogP contribution in [0.5, 0.6) is 0 Å². The quantitative estimate of drug-likeness (QED) is 0.848. The van der Waals surface area contributed by atoms with E-state index in [1.807, 2.05) is 0 Å². The number of sulfonamides is 1. The van der Waals surface area contributed by atoms with E-state index in [-0.39, 0.29) is 5.41 Å². The summed E-state index contributed by atoms with van der Waals surface area (Å²) in [4.78, 5) is 0. The lowest BCUT2D eigenvalue weighted by atomic mass is 9.64. The maximum atomic E-state index is 11.8. The smallest absolute Gasteiger partial charge is 0.211 e. The molecule has 0 aromatic heterocycles. The van der Waals surface area contributed by atoms with Crippen molar-refractivity contribution in [2.75, 3.05) is 25.9 Å². The zero-order chi connectivity index (χ0) is 15.5. The molecule has 0 aromatic rings. The molecule has 1 saturated carbocycles. The van der Waals surface area contributed by atoms with Gasteiger partial charge in [0.2, 0.25) is 10.0 Å². The summed E-state index contributed by atoms with van der Waals surface area (Å²) < 4.78 is 25.2. The molecular formula is C16H32N2O2S. The van der Waals surface area contributed by atoms with Crippen molar-refractivity contribution < 1.29 is 8.42 Å². The van der Waals surface area contributed by atoms with Gasteiger partial charge in [-0.15, -0.1) is 0 Å². The van der Waals surface area contributed by atoms with E-state index in [0.29, 0.717) is 19.0 Å². The molecule has 3 unspecified atom stereocenters. The second-order valence-electron chi connectivity index (χ2n) is 7.41. The van der Waals surface area contributed by atoms with Crippen LogP contribution in [-0.4, -0.2) is 38.6 Å². The molecule has 1 aliphatic carbocycles. The molecule has 2 N–H and O–H groups in total. The number of nitrogens with two attached hydrogens (primary N) is 1. The largest absolute Gasteiger partial charge is 0.330 e. The van der Waals surface area contributed by atoms with Gasteiger partial charge in [-0.3, -0.25) is 0 Å². The van der Waals surface area contributed by atoms with Crippen LogP contribution in [0.2, 0.25) is 0 Å². The monoisotopic (exact) mass is 316 g/mol. The van der Waals surface area contributed by atoms with Crippen molar-refractivity contribution in [3.05, 3.63) is 0 Å². The zero-order valence-electron chi connectivity index (χ0n) is 13.7. The van der Waals surface area contributed by atoms with Gasteiger partial charge in [0.05, 0.1) is 6.26 Å². The van der Waals surface area contributed by atoms with E-state index in [0.717, 1.165) is 31.7 Å². The van der Waals surface area contributed by atoms with Gasteiger partial charge >= 0.3 is 0 Å². The summed E-state index contributed by atoms with van der Waals surface area (Å²) in [5.41, 5.74) is 6.43. The highest BCUT2D eigenvalue weighted by Gasteiger charge is 2.38. The molecule has 5 heteroatoms. The molecule has 0 aromatic carbocycles. The standard InChI is InChI=1S/C16H32N2O2S/c1-3-14-6-4-8-16(10-14,13-17)11-15-7-5-9-18(12-15)21(2,19)20/h14-15H,3-13,17H2,1-2H3. The Morgan fingerprint density at radius 2 is 1.95 bits per heavy atom. The summed E-state index contributed by atoms with van der Waals surface area (Å²) >= 11 is 0. The first-order chi connectivity index (χ1) is 9.88. The maximum Gasteiger partial charge on any atom is 0.211 e. The van der Waals surface area contributed by atoms with Crippen molar-refractivity contribution in [3.63, 3.8) is 0 Å². The van der Waals surface area contributed by atoms with Gasteiger partial charge in [-0.1, -0.05) is 26.2 Å². The average molecular weight is 317 g/mol. The Balaban J connectivity index is 2.01. The Morgan fingerprint density at radius 1 is 1.24 bits per heavy atom. The van der Waals surface area contributed by atoms with E-state index in [2.05, 4.69) is 6.92 Å². The summed E-state index contributed by atoms with van der Waals surface area (Å²) in [6.45, 7) is 4.45. The highest BCUT2D eigenvalue weighted by atomic mass is 32.2. The lowest BCUT2D eigenvalue weighted by Gasteiger charge is -2.44. The van der Waals surface area contributed by atoms with Crippen LogP contribution in [0.1, 0.15) is 58.3 Å². The molecule has 124 valence electrons. The van der Waals surface area contributed by atoms with Crippen LogP contribution in [0.15, 0.2) is 0 Å². The number of hydrogen-bond acceptors (Lipinski definition) is 3. The summed E-state index contributed by atoms with van der Waals surface area (Å²) in [6, 6.07) is 0. The Bertz CT molecular complexity index is 438. The number of piperidine rings is 1. The van der Waals surface area contributed by atoms with E-state index in [9.17, 15) is 8.42 Å². The Hall–Kier alpha value is -0.130. The first-order valence-electron chi connectivity index (χ1n) is 8.54. The first kappa shape index (κ1) is 17.2. The lowest BCUT2D eigenvalue weighted by molar-refractivity contribution is 0.0912. The average Bonchev–Trinajstić information content (AvgIpc) is 2.47. The normalized spacial score (nSPS) is 35.8.